The van der Waals surface area contributed by atoms with Gasteiger partial charge >= 0.3 is 6.03 Å². The first-order chi connectivity index (χ1) is 9.70. The van der Waals surface area contributed by atoms with Gasteiger partial charge in [-0.2, -0.15) is 5.10 Å². The summed E-state index contributed by atoms with van der Waals surface area (Å²) in [5.41, 5.74) is 3.87. The Morgan fingerprint density at radius 2 is 2.10 bits per heavy atom. The van der Waals surface area contributed by atoms with Crippen LogP contribution >= 0.6 is 0 Å². The van der Waals surface area contributed by atoms with Crippen molar-refractivity contribution < 1.29 is 9.53 Å². The van der Waals surface area contributed by atoms with E-state index < -0.39 is 6.03 Å². The lowest BCUT2D eigenvalue weighted by molar-refractivity contribution is 0.252. The van der Waals surface area contributed by atoms with Crippen molar-refractivity contribution in [1.29, 1.82) is 0 Å². The molecule has 0 saturated carbocycles. The fraction of sp³-hybridized carbons (Fsp3) is 0.143. The Labute approximate surface area is 117 Å². The average Bonchev–Trinajstić information content (AvgIpc) is 2.85. The molecule has 0 spiro atoms. The normalized spacial score (nSPS) is 10.5. The molecule has 0 aliphatic carbocycles. The number of hydrogen-bond donors (Lipinski definition) is 2. The van der Waals surface area contributed by atoms with Crippen molar-refractivity contribution >= 4 is 17.9 Å². The number of rotatable bonds is 4. The van der Waals surface area contributed by atoms with Gasteiger partial charge in [0.1, 0.15) is 5.75 Å². The van der Waals surface area contributed by atoms with Crippen LogP contribution in [0.15, 0.2) is 47.7 Å². The van der Waals surface area contributed by atoms with Crippen molar-refractivity contribution in [3.63, 3.8) is 0 Å². The molecule has 0 aliphatic rings. The summed E-state index contributed by atoms with van der Waals surface area (Å²) in [6, 6.07) is 10.5. The number of amides is 2. The lowest BCUT2D eigenvalue weighted by Crippen LogP contribution is -2.24. The maximum atomic E-state index is 11.7. The minimum absolute atomic E-state index is 0.431. The number of ether oxygens (including phenoxy) is 1. The molecular weight excluding hydrogens is 256 g/mol. The Balaban J connectivity index is 1.93. The van der Waals surface area contributed by atoms with Crippen LogP contribution in [0.5, 0.6) is 5.75 Å². The molecule has 2 aromatic rings. The third-order valence-corrected chi connectivity index (χ3v) is 2.70. The molecule has 0 atom stereocenters. The van der Waals surface area contributed by atoms with E-state index in [9.17, 15) is 4.79 Å². The van der Waals surface area contributed by atoms with Crippen LogP contribution in [0.4, 0.5) is 10.5 Å². The standard InChI is InChI=1S/C14H16N4O2/c1-18-9-5-6-11(18)10-15-17-14(19)16-12-7-3-4-8-13(12)20-2/h3-10H,1-2H3,(H2,16,17,19)/b15-10+. The number of hydrazone groups is 1. The van der Waals surface area contributed by atoms with E-state index in [1.165, 1.54) is 0 Å². The number of hydrogen-bond acceptors (Lipinski definition) is 3. The van der Waals surface area contributed by atoms with Gasteiger partial charge in [0.05, 0.1) is 24.7 Å². The van der Waals surface area contributed by atoms with Gasteiger partial charge < -0.3 is 14.6 Å². The van der Waals surface area contributed by atoms with E-state index in [-0.39, 0.29) is 0 Å². The summed E-state index contributed by atoms with van der Waals surface area (Å²) in [5.74, 6) is 0.592. The largest absolute Gasteiger partial charge is 0.495 e. The number of anilines is 1. The molecule has 1 aromatic heterocycles. The summed E-state index contributed by atoms with van der Waals surface area (Å²) >= 11 is 0. The van der Waals surface area contributed by atoms with Gasteiger partial charge in [-0.15, -0.1) is 0 Å². The van der Waals surface area contributed by atoms with Crippen LogP contribution in [-0.4, -0.2) is 23.9 Å². The van der Waals surface area contributed by atoms with Crippen molar-refractivity contribution in [2.45, 2.75) is 0 Å². The van der Waals surface area contributed by atoms with Crippen LogP contribution in [0.2, 0.25) is 0 Å². The predicted molar refractivity (Wildman–Crippen MR) is 78.2 cm³/mol. The zero-order valence-corrected chi connectivity index (χ0v) is 11.3. The number of para-hydroxylation sites is 2. The highest BCUT2D eigenvalue weighted by Gasteiger charge is 2.05. The maximum Gasteiger partial charge on any atom is 0.339 e. The molecule has 20 heavy (non-hydrogen) atoms. The first kappa shape index (κ1) is 13.7. The molecule has 1 aromatic carbocycles. The Hall–Kier alpha value is -2.76. The topological polar surface area (TPSA) is 67.7 Å². The summed E-state index contributed by atoms with van der Waals surface area (Å²) < 4.78 is 7.03. The summed E-state index contributed by atoms with van der Waals surface area (Å²) in [5, 5.41) is 6.54. The van der Waals surface area contributed by atoms with E-state index in [1.54, 1.807) is 25.5 Å². The number of aromatic nitrogens is 1. The number of nitrogens with one attached hydrogen (secondary N) is 2. The lowest BCUT2D eigenvalue weighted by Gasteiger charge is -2.08. The van der Waals surface area contributed by atoms with Gasteiger partial charge in [-0.1, -0.05) is 12.1 Å². The molecule has 2 rings (SSSR count). The fourth-order valence-electron chi connectivity index (χ4n) is 1.66. The van der Waals surface area contributed by atoms with Gasteiger partial charge in [-0.05, 0) is 24.3 Å². The van der Waals surface area contributed by atoms with E-state index in [1.807, 2.05) is 42.1 Å². The van der Waals surface area contributed by atoms with Gasteiger partial charge in [0.2, 0.25) is 0 Å². The molecule has 2 N–H and O–H groups in total. The van der Waals surface area contributed by atoms with Gasteiger partial charge in [-0.25, -0.2) is 10.2 Å². The molecule has 6 heteroatoms. The number of methoxy groups -OCH3 is 1. The third kappa shape index (κ3) is 3.38. The van der Waals surface area contributed by atoms with Crippen molar-refractivity contribution in [1.82, 2.24) is 9.99 Å². The molecule has 0 bridgehead atoms. The van der Waals surface area contributed by atoms with Crippen LogP contribution < -0.4 is 15.5 Å². The Morgan fingerprint density at radius 3 is 2.80 bits per heavy atom. The fourth-order valence-corrected chi connectivity index (χ4v) is 1.66. The van der Waals surface area contributed by atoms with Crippen LogP contribution in [0.25, 0.3) is 0 Å². The smallest absolute Gasteiger partial charge is 0.339 e. The average molecular weight is 272 g/mol. The molecule has 0 radical (unpaired) electrons. The van der Waals surface area contributed by atoms with Crippen molar-refractivity contribution in [2.75, 3.05) is 12.4 Å². The van der Waals surface area contributed by atoms with Crippen molar-refractivity contribution in [3.8, 4) is 5.75 Å². The monoisotopic (exact) mass is 272 g/mol. The van der Waals surface area contributed by atoms with E-state index in [0.717, 1.165) is 5.69 Å². The van der Waals surface area contributed by atoms with Gasteiger partial charge in [0, 0.05) is 13.2 Å². The second-order valence-electron chi connectivity index (χ2n) is 4.07. The molecule has 0 saturated heterocycles. The first-order valence-electron chi connectivity index (χ1n) is 6.05. The van der Waals surface area contributed by atoms with E-state index >= 15 is 0 Å². The van der Waals surface area contributed by atoms with E-state index in [4.69, 9.17) is 4.74 Å². The van der Waals surface area contributed by atoms with Crippen LogP contribution in [0.3, 0.4) is 0 Å². The Kier molecular flexibility index (Phi) is 4.39. The highest BCUT2D eigenvalue weighted by atomic mass is 16.5. The number of urea groups is 1. The minimum Gasteiger partial charge on any atom is -0.495 e. The first-order valence-corrected chi connectivity index (χ1v) is 6.05. The van der Waals surface area contributed by atoms with Gasteiger partial charge in [0.15, 0.2) is 0 Å². The van der Waals surface area contributed by atoms with Crippen LogP contribution in [-0.2, 0) is 7.05 Å². The Bertz CT molecular complexity index is 619. The molecule has 0 aliphatic heterocycles. The predicted octanol–water partition coefficient (Wildman–Crippen LogP) is 2.19. The summed E-state index contributed by atoms with van der Waals surface area (Å²) in [4.78, 5) is 11.7. The zero-order valence-electron chi connectivity index (χ0n) is 11.3. The number of aryl methyl sites for hydroxylation is 1. The van der Waals surface area contributed by atoms with Crippen LogP contribution in [0.1, 0.15) is 5.69 Å². The molecule has 1 heterocycles. The lowest BCUT2D eigenvalue weighted by atomic mass is 10.3. The highest BCUT2D eigenvalue weighted by molar-refractivity contribution is 5.91. The molecular formula is C14H16N4O2. The minimum atomic E-state index is -0.431. The number of carbonyl (C=O) groups is 1. The summed E-state index contributed by atoms with van der Waals surface area (Å²) in [7, 11) is 3.45. The molecule has 6 nitrogen and oxygen atoms in total. The highest BCUT2D eigenvalue weighted by Crippen LogP contribution is 2.22. The molecule has 0 unspecified atom stereocenters. The van der Waals surface area contributed by atoms with Crippen molar-refractivity contribution in [2.24, 2.45) is 12.1 Å². The number of benzene rings is 1. The van der Waals surface area contributed by atoms with Gasteiger partial charge in [0.25, 0.3) is 0 Å². The van der Waals surface area contributed by atoms with Crippen molar-refractivity contribution in [3.05, 3.63) is 48.3 Å². The van der Waals surface area contributed by atoms with Crippen LogP contribution in [0, 0.1) is 0 Å². The molecule has 104 valence electrons. The maximum absolute atomic E-state index is 11.7. The third-order valence-electron chi connectivity index (χ3n) is 2.70. The second-order valence-corrected chi connectivity index (χ2v) is 4.07. The summed E-state index contributed by atoms with van der Waals surface area (Å²) in [6.45, 7) is 0. The zero-order chi connectivity index (χ0) is 14.4. The number of nitrogens with zero attached hydrogens (tertiary/aromatic N) is 2. The number of carbonyl (C=O) groups excluding carboxylic acids is 1. The Morgan fingerprint density at radius 1 is 1.30 bits per heavy atom. The summed E-state index contributed by atoms with van der Waals surface area (Å²) in [6.07, 6.45) is 3.47. The molecule has 2 amide bonds. The SMILES string of the molecule is COc1ccccc1NC(=O)N/N=C/c1cccn1C. The van der Waals surface area contributed by atoms with E-state index in [0.29, 0.717) is 11.4 Å². The molecule has 0 fully saturated rings. The van der Waals surface area contributed by atoms with E-state index in [2.05, 4.69) is 15.8 Å². The van der Waals surface area contributed by atoms with Gasteiger partial charge in [-0.3, -0.25) is 0 Å². The quantitative estimate of drug-likeness (QED) is 0.661. The second kappa shape index (κ2) is 6.42.